The molecule has 0 bridgehead atoms. The molecule has 0 atom stereocenters. The van der Waals surface area contributed by atoms with E-state index in [1.807, 2.05) is 48.0 Å². The van der Waals surface area contributed by atoms with Crippen molar-refractivity contribution in [1.29, 1.82) is 0 Å². The average Bonchev–Trinajstić information content (AvgIpc) is 3.47. The van der Waals surface area contributed by atoms with Crippen molar-refractivity contribution in [3.8, 4) is 0 Å². The molecule has 1 aromatic heterocycles. The Balaban J connectivity index is 1.59. The molecule has 0 unspecified atom stereocenters. The van der Waals surface area contributed by atoms with Gasteiger partial charge in [0, 0.05) is 24.1 Å². The summed E-state index contributed by atoms with van der Waals surface area (Å²) in [4.78, 5) is 26.3. The number of aromatic nitrogens is 2. The van der Waals surface area contributed by atoms with Gasteiger partial charge in [-0.2, -0.15) is 5.10 Å². The van der Waals surface area contributed by atoms with Crippen LogP contribution in [0.2, 0.25) is 0 Å². The van der Waals surface area contributed by atoms with Crippen molar-refractivity contribution in [3.05, 3.63) is 59.1 Å². The molecule has 2 heterocycles. The molecule has 1 fully saturated rings. The average molecular weight is 422 g/mol. The molecule has 0 radical (unpaired) electrons. The van der Waals surface area contributed by atoms with Crippen LogP contribution in [0, 0.1) is 0 Å². The van der Waals surface area contributed by atoms with E-state index in [-0.39, 0.29) is 23.8 Å². The number of aliphatic hydroxyl groups is 1. The standard InChI is InChI=1S/C23H27N5O3/c1-4-8-19(29)28-22(31)20(21(30)23(28,2)3)25-24-18-13-17(16-11-12-16)27(26-18)14-15-9-6-5-7-10-15/h5-7,9-10,13,16,30H,4,8,11-12,14H2,1-3H3. The van der Waals surface area contributed by atoms with Crippen LogP contribution in [-0.4, -0.2) is 37.1 Å². The molecule has 1 aliphatic carbocycles. The van der Waals surface area contributed by atoms with Gasteiger partial charge >= 0.3 is 0 Å². The smallest absolute Gasteiger partial charge is 0.285 e. The fourth-order valence-electron chi connectivity index (χ4n) is 3.86. The van der Waals surface area contributed by atoms with Gasteiger partial charge in [-0.05, 0) is 38.7 Å². The van der Waals surface area contributed by atoms with E-state index in [4.69, 9.17) is 0 Å². The normalized spacial score (nSPS) is 18.4. The number of carbonyl (C=O) groups excluding carboxylic acids is 2. The van der Waals surface area contributed by atoms with Crippen LogP contribution < -0.4 is 0 Å². The maximum atomic E-state index is 12.8. The first kappa shape index (κ1) is 21.0. The van der Waals surface area contributed by atoms with E-state index in [0.29, 0.717) is 24.7 Å². The molecule has 1 aliphatic heterocycles. The summed E-state index contributed by atoms with van der Waals surface area (Å²) >= 11 is 0. The number of hydrogen-bond acceptors (Lipinski definition) is 6. The number of benzene rings is 1. The Morgan fingerprint density at radius 1 is 1.23 bits per heavy atom. The zero-order valence-electron chi connectivity index (χ0n) is 18.1. The zero-order valence-corrected chi connectivity index (χ0v) is 18.1. The fraction of sp³-hybridized carbons (Fsp3) is 0.435. The molecule has 4 rings (SSSR count). The van der Waals surface area contributed by atoms with Crippen LogP contribution in [0.4, 0.5) is 5.82 Å². The van der Waals surface area contributed by atoms with Crippen LogP contribution in [-0.2, 0) is 16.1 Å². The number of hydrogen-bond donors (Lipinski definition) is 1. The summed E-state index contributed by atoms with van der Waals surface area (Å²) in [7, 11) is 0. The summed E-state index contributed by atoms with van der Waals surface area (Å²) in [5.41, 5.74) is 0.867. The van der Waals surface area contributed by atoms with E-state index >= 15 is 0 Å². The monoisotopic (exact) mass is 421 g/mol. The van der Waals surface area contributed by atoms with E-state index in [0.717, 1.165) is 29.0 Å². The molecular weight excluding hydrogens is 394 g/mol. The molecule has 2 amide bonds. The van der Waals surface area contributed by atoms with Crippen molar-refractivity contribution in [2.75, 3.05) is 0 Å². The largest absolute Gasteiger partial charge is 0.507 e. The lowest BCUT2D eigenvalue weighted by atomic mass is 10.0. The molecule has 1 aromatic carbocycles. The van der Waals surface area contributed by atoms with Crippen molar-refractivity contribution in [3.63, 3.8) is 0 Å². The Morgan fingerprint density at radius 3 is 2.58 bits per heavy atom. The molecule has 0 saturated heterocycles. The van der Waals surface area contributed by atoms with Crippen LogP contribution in [0.25, 0.3) is 0 Å². The third kappa shape index (κ3) is 4.02. The highest BCUT2D eigenvalue weighted by Crippen LogP contribution is 2.41. The first-order valence-electron chi connectivity index (χ1n) is 10.7. The van der Waals surface area contributed by atoms with Gasteiger partial charge in [-0.3, -0.25) is 19.2 Å². The van der Waals surface area contributed by atoms with Crippen LogP contribution in [0.15, 0.2) is 58.1 Å². The van der Waals surface area contributed by atoms with Crippen molar-refractivity contribution >= 4 is 17.6 Å². The lowest BCUT2D eigenvalue weighted by Crippen LogP contribution is -2.47. The second kappa shape index (κ2) is 8.09. The summed E-state index contributed by atoms with van der Waals surface area (Å²) < 4.78 is 1.92. The van der Waals surface area contributed by atoms with Crippen molar-refractivity contribution < 1.29 is 14.7 Å². The van der Waals surface area contributed by atoms with Crippen LogP contribution in [0.1, 0.15) is 63.6 Å². The lowest BCUT2D eigenvalue weighted by Gasteiger charge is -2.29. The van der Waals surface area contributed by atoms with E-state index in [1.54, 1.807) is 13.8 Å². The highest BCUT2D eigenvalue weighted by atomic mass is 16.3. The second-order valence-electron chi connectivity index (χ2n) is 8.59. The highest BCUT2D eigenvalue weighted by Gasteiger charge is 2.49. The molecule has 8 nitrogen and oxygen atoms in total. The lowest BCUT2D eigenvalue weighted by molar-refractivity contribution is -0.146. The summed E-state index contributed by atoms with van der Waals surface area (Å²) in [6, 6.07) is 11.9. The minimum Gasteiger partial charge on any atom is -0.507 e. The predicted octanol–water partition coefficient (Wildman–Crippen LogP) is 4.61. The Labute approximate surface area is 181 Å². The maximum absolute atomic E-state index is 12.8. The number of rotatable bonds is 7. The predicted molar refractivity (Wildman–Crippen MR) is 115 cm³/mol. The van der Waals surface area contributed by atoms with Gasteiger partial charge in [0.2, 0.25) is 5.91 Å². The van der Waals surface area contributed by atoms with Gasteiger partial charge in [0.25, 0.3) is 5.91 Å². The highest BCUT2D eigenvalue weighted by molar-refractivity contribution is 6.08. The number of carbonyl (C=O) groups is 2. The van der Waals surface area contributed by atoms with Crippen LogP contribution in [0.5, 0.6) is 0 Å². The molecule has 1 saturated carbocycles. The summed E-state index contributed by atoms with van der Waals surface area (Å²) in [6.45, 7) is 5.73. The third-order valence-corrected chi connectivity index (χ3v) is 5.70. The van der Waals surface area contributed by atoms with Gasteiger partial charge in [-0.25, -0.2) is 0 Å². The molecule has 1 N–H and O–H groups in total. The Bertz CT molecular complexity index is 1060. The Morgan fingerprint density at radius 2 is 1.94 bits per heavy atom. The third-order valence-electron chi connectivity index (χ3n) is 5.70. The number of imide groups is 1. The van der Waals surface area contributed by atoms with Gasteiger partial charge in [0.15, 0.2) is 17.3 Å². The molecule has 8 heteroatoms. The first-order chi connectivity index (χ1) is 14.8. The number of azo groups is 1. The minimum atomic E-state index is -1.15. The number of nitrogens with zero attached hydrogens (tertiary/aromatic N) is 5. The number of amides is 2. The number of aliphatic hydroxyl groups excluding tert-OH is 1. The maximum Gasteiger partial charge on any atom is 0.285 e. The second-order valence-corrected chi connectivity index (χ2v) is 8.59. The molecule has 31 heavy (non-hydrogen) atoms. The molecule has 2 aliphatic rings. The summed E-state index contributed by atoms with van der Waals surface area (Å²) in [6.07, 6.45) is 3.06. The van der Waals surface area contributed by atoms with Crippen LogP contribution >= 0.6 is 0 Å². The van der Waals surface area contributed by atoms with E-state index in [9.17, 15) is 14.7 Å². The van der Waals surface area contributed by atoms with E-state index in [1.165, 1.54) is 0 Å². The van der Waals surface area contributed by atoms with Gasteiger partial charge in [0.1, 0.15) is 5.54 Å². The topological polar surface area (TPSA) is 100 Å². The van der Waals surface area contributed by atoms with Gasteiger partial charge in [-0.1, -0.05) is 37.3 Å². The van der Waals surface area contributed by atoms with E-state index in [2.05, 4.69) is 15.3 Å². The molecular formula is C23H27N5O3. The zero-order chi connectivity index (χ0) is 22.2. The summed E-state index contributed by atoms with van der Waals surface area (Å²) in [5, 5.41) is 23.3. The van der Waals surface area contributed by atoms with Gasteiger partial charge < -0.3 is 5.11 Å². The van der Waals surface area contributed by atoms with Crippen molar-refractivity contribution in [1.82, 2.24) is 14.7 Å². The summed E-state index contributed by atoms with van der Waals surface area (Å²) in [5.74, 6) is -0.380. The molecule has 162 valence electrons. The Hall–Kier alpha value is -3.29. The fourth-order valence-corrected chi connectivity index (χ4v) is 3.86. The van der Waals surface area contributed by atoms with Gasteiger partial charge in [-0.15, -0.1) is 10.2 Å². The van der Waals surface area contributed by atoms with Gasteiger partial charge in [0.05, 0.1) is 6.54 Å². The Kier molecular flexibility index (Phi) is 5.47. The van der Waals surface area contributed by atoms with Crippen molar-refractivity contribution in [2.45, 2.75) is 64.5 Å². The van der Waals surface area contributed by atoms with Crippen LogP contribution in [0.3, 0.4) is 0 Å². The SMILES string of the molecule is CCCC(=O)N1C(=O)C(N=Nc2cc(C3CC3)n(Cc3ccccc3)n2)=C(O)C1(C)C. The first-order valence-corrected chi connectivity index (χ1v) is 10.7. The van der Waals surface area contributed by atoms with Crippen molar-refractivity contribution in [2.24, 2.45) is 10.2 Å². The molecule has 2 aromatic rings. The quantitative estimate of drug-likeness (QED) is 0.660. The van der Waals surface area contributed by atoms with E-state index < -0.39 is 11.4 Å². The molecule has 0 spiro atoms. The minimum absolute atomic E-state index is 0.208.